The highest BCUT2D eigenvalue weighted by Gasteiger charge is 2.19. The summed E-state index contributed by atoms with van der Waals surface area (Å²) in [7, 11) is 5.14. The Bertz CT molecular complexity index is 551. The van der Waals surface area contributed by atoms with Crippen molar-refractivity contribution in [2.75, 3.05) is 54.1 Å². The maximum atomic E-state index is 12.0. The number of amides is 1. The standard InChI is InChI=1S/C16H23ClN2O4/c1-18(2)15(20)11-19(4-5-21-3)10-12-8-13(17)16-14(9-12)22-6-7-23-16/h8-9H,4-7,10-11H2,1-3H3. The van der Waals surface area contributed by atoms with Gasteiger partial charge in [0.05, 0.1) is 18.2 Å². The predicted octanol–water partition coefficient (Wildman–Crippen LogP) is 1.65. The molecule has 2 rings (SSSR count). The first kappa shape index (κ1) is 17.8. The van der Waals surface area contributed by atoms with Gasteiger partial charge in [-0.1, -0.05) is 11.6 Å². The van der Waals surface area contributed by atoms with E-state index in [0.29, 0.717) is 56.0 Å². The number of fused-ring (bicyclic) bond motifs is 1. The number of carbonyl (C=O) groups excluding carboxylic acids is 1. The van der Waals surface area contributed by atoms with Crippen LogP contribution < -0.4 is 9.47 Å². The highest BCUT2D eigenvalue weighted by Crippen LogP contribution is 2.38. The molecule has 128 valence electrons. The van der Waals surface area contributed by atoms with Crippen LogP contribution in [0.4, 0.5) is 0 Å². The smallest absolute Gasteiger partial charge is 0.236 e. The van der Waals surface area contributed by atoms with Crippen LogP contribution in [0.25, 0.3) is 0 Å². The molecule has 0 bridgehead atoms. The third-order valence-electron chi connectivity index (χ3n) is 3.53. The van der Waals surface area contributed by atoms with E-state index in [1.807, 2.05) is 17.0 Å². The molecule has 0 saturated carbocycles. The van der Waals surface area contributed by atoms with Crippen molar-refractivity contribution >= 4 is 17.5 Å². The normalized spacial score (nSPS) is 13.3. The van der Waals surface area contributed by atoms with E-state index in [9.17, 15) is 4.79 Å². The lowest BCUT2D eigenvalue weighted by Gasteiger charge is -2.25. The van der Waals surface area contributed by atoms with Crippen molar-refractivity contribution in [2.45, 2.75) is 6.54 Å². The summed E-state index contributed by atoms with van der Waals surface area (Å²) in [6.07, 6.45) is 0. The molecule has 0 saturated heterocycles. The summed E-state index contributed by atoms with van der Waals surface area (Å²) in [5.74, 6) is 1.29. The second-order valence-electron chi connectivity index (χ2n) is 5.59. The molecular weight excluding hydrogens is 320 g/mol. The van der Waals surface area contributed by atoms with E-state index in [1.165, 1.54) is 0 Å². The maximum absolute atomic E-state index is 12.0. The summed E-state index contributed by atoms with van der Waals surface area (Å²) >= 11 is 6.27. The van der Waals surface area contributed by atoms with Crippen molar-refractivity contribution in [3.63, 3.8) is 0 Å². The van der Waals surface area contributed by atoms with Crippen LogP contribution in [-0.4, -0.2) is 69.8 Å². The molecule has 1 heterocycles. The largest absolute Gasteiger partial charge is 0.486 e. The van der Waals surface area contributed by atoms with Gasteiger partial charge in [0.15, 0.2) is 11.5 Å². The minimum atomic E-state index is 0.0461. The van der Waals surface area contributed by atoms with E-state index in [2.05, 4.69) is 0 Å². The lowest BCUT2D eigenvalue weighted by molar-refractivity contribution is -0.130. The third kappa shape index (κ3) is 4.99. The van der Waals surface area contributed by atoms with Gasteiger partial charge in [0.25, 0.3) is 0 Å². The molecule has 1 aliphatic rings. The van der Waals surface area contributed by atoms with Crippen molar-refractivity contribution in [3.05, 3.63) is 22.7 Å². The Kier molecular flexibility index (Phi) is 6.50. The predicted molar refractivity (Wildman–Crippen MR) is 88.3 cm³/mol. The first-order chi connectivity index (χ1) is 11.0. The van der Waals surface area contributed by atoms with Gasteiger partial charge in [0.1, 0.15) is 13.2 Å². The molecule has 1 aromatic rings. The molecule has 0 unspecified atom stereocenters. The van der Waals surface area contributed by atoms with E-state index in [4.69, 9.17) is 25.8 Å². The zero-order chi connectivity index (χ0) is 16.8. The van der Waals surface area contributed by atoms with Gasteiger partial charge in [-0.2, -0.15) is 0 Å². The van der Waals surface area contributed by atoms with Gasteiger partial charge in [-0.25, -0.2) is 0 Å². The summed E-state index contributed by atoms with van der Waals surface area (Å²) < 4.78 is 16.3. The number of methoxy groups -OCH3 is 1. The molecule has 1 amide bonds. The van der Waals surface area contributed by atoms with E-state index in [-0.39, 0.29) is 5.91 Å². The summed E-state index contributed by atoms with van der Waals surface area (Å²) in [6, 6.07) is 3.77. The second-order valence-corrected chi connectivity index (χ2v) is 6.00. The molecule has 1 aliphatic heterocycles. The maximum Gasteiger partial charge on any atom is 0.236 e. The SMILES string of the molecule is COCCN(CC(=O)N(C)C)Cc1cc(Cl)c2c(c1)OCCO2. The van der Waals surface area contributed by atoms with Crippen LogP contribution in [-0.2, 0) is 16.1 Å². The van der Waals surface area contributed by atoms with E-state index >= 15 is 0 Å². The summed E-state index contributed by atoms with van der Waals surface area (Å²) in [4.78, 5) is 15.6. The van der Waals surface area contributed by atoms with Gasteiger partial charge in [-0.15, -0.1) is 0 Å². The van der Waals surface area contributed by atoms with Crippen molar-refractivity contribution in [1.82, 2.24) is 9.80 Å². The van der Waals surface area contributed by atoms with Gasteiger partial charge in [-0.3, -0.25) is 9.69 Å². The molecule has 1 aromatic carbocycles. The van der Waals surface area contributed by atoms with Gasteiger partial charge < -0.3 is 19.1 Å². The fraction of sp³-hybridized carbons (Fsp3) is 0.562. The number of halogens is 1. The van der Waals surface area contributed by atoms with Crippen molar-refractivity contribution in [2.24, 2.45) is 0 Å². The molecule has 0 fully saturated rings. The van der Waals surface area contributed by atoms with Crippen LogP contribution >= 0.6 is 11.6 Å². The van der Waals surface area contributed by atoms with E-state index in [0.717, 1.165) is 5.56 Å². The Hall–Kier alpha value is -1.50. The zero-order valence-electron chi connectivity index (χ0n) is 13.8. The monoisotopic (exact) mass is 342 g/mol. The second kappa shape index (κ2) is 8.38. The van der Waals surface area contributed by atoms with Crippen LogP contribution in [0.3, 0.4) is 0 Å². The average molecular weight is 343 g/mol. The number of likely N-dealkylation sites (N-methyl/N-ethyl adjacent to an activating group) is 1. The van der Waals surface area contributed by atoms with Gasteiger partial charge in [-0.05, 0) is 17.7 Å². The van der Waals surface area contributed by atoms with Crippen LogP contribution in [0.15, 0.2) is 12.1 Å². The fourth-order valence-electron chi connectivity index (χ4n) is 2.28. The average Bonchev–Trinajstić information content (AvgIpc) is 2.52. The molecule has 0 aromatic heterocycles. The molecular formula is C16H23ClN2O4. The number of hydrogen-bond acceptors (Lipinski definition) is 5. The van der Waals surface area contributed by atoms with Crippen LogP contribution in [0.1, 0.15) is 5.56 Å². The number of benzene rings is 1. The van der Waals surface area contributed by atoms with Crippen molar-refractivity contribution in [1.29, 1.82) is 0 Å². The topological polar surface area (TPSA) is 51.2 Å². The molecule has 7 heteroatoms. The first-order valence-electron chi connectivity index (χ1n) is 7.50. The molecule has 0 spiro atoms. The first-order valence-corrected chi connectivity index (χ1v) is 7.88. The van der Waals surface area contributed by atoms with Crippen molar-refractivity contribution in [3.8, 4) is 11.5 Å². The number of carbonyl (C=O) groups is 1. The Morgan fingerprint density at radius 1 is 1.30 bits per heavy atom. The molecule has 23 heavy (non-hydrogen) atoms. The Labute approximate surface area is 141 Å². The van der Waals surface area contributed by atoms with Crippen LogP contribution in [0.5, 0.6) is 11.5 Å². The Morgan fingerprint density at radius 3 is 2.74 bits per heavy atom. The summed E-state index contributed by atoms with van der Waals surface area (Å²) in [5, 5.41) is 0.530. The van der Waals surface area contributed by atoms with Crippen molar-refractivity contribution < 1.29 is 19.0 Å². The lowest BCUT2D eigenvalue weighted by Crippen LogP contribution is -2.37. The quantitative estimate of drug-likeness (QED) is 0.754. The number of rotatable bonds is 7. The minimum Gasteiger partial charge on any atom is -0.486 e. The molecule has 0 radical (unpaired) electrons. The van der Waals surface area contributed by atoms with E-state index in [1.54, 1.807) is 26.1 Å². The van der Waals surface area contributed by atoms with Gasteiger partial charge in [0.2, 0.25) is 5.91 Å². The van der Waals surface area contributed by atoms with Gasteiger partial charge >= 0.3 is 0 Å². The summed E-state index contributed by atoms with van der Waals surface area (Å²) in [5.41, 5.74) is 0.974. The van der Waals surface area contributed by atoms with Crippen LogP contribution in [0.2, 0.25) is 5.02 Å². The van der Waals surface area contributed by atoms with Gasteiger partial charge in [0, 0.05) is 34.3 Å². The van der Waals surface area contributed by atoms with Crippen LogP contribution in [0, 0.1) is 0 Å². The molecule has 0 atom stereocenters. The fourth-order valence-corrected chi connectivity index (χ4v) is 2.57. The summed E-state index contributed by atoms with van der Waals surface area (Å²) in [6.45, 7) is 3.13. The van der Waals surface area contributed by atoms with E-state index < -0.39 is 0 Å². The number of nitrogens with zero attached hydrogens (tertiary/aromatic N) is 2. The molecule has 6 nitrogen and oxygen atoms in total. The molecule has 0 N–H and O–H groups in total. The highest BCUT2D eigenvalue weighted by atomic mass is 35.5. The number of hydrogen-bond donors (Lipinski definition) is 0. The number of ether oxygens (including phenoxy) is 3. The highest BCUT2D eigenvalue weighted by molar-refractivity contribution is 6.32. The third-order valence-corrected chi connectivity index (χ3v) is 3.81. The zero-order valence-corrected chi connectivity index (χ0v) is 14.6. The minimum absolute atomic E-state index is 0.0461. The lowest BCUT2D eigenvalue weighted by atomic mass is 10.1. The Morgan fingerprint density at radius 2 is 2.04 bits per heavy atom. The Balaban J connectivity index is 2.11. The molecule has 0 aliphatic carbocycles.